The Kier molecular flexibility index (Phi) is 6.38. The summed E-state index contributed by atoms with van der Waals surface area (Å²) in [5.41, 5.74) is 2.74. The summed E-state index contributed by atoms with van der Waals surface area (Å²) in [6, 6.07) is 11.4. The summed E-state index contributed by atoms with van der Waals surface area (Å²) < 4.78 is 6.65. The van der Waals surface area contributed by atoms with E-state index < -0.39 is 0 Å². The van der Waals surface area contributed by atoms with E-state index in [0.29, 0.717) is 5.56 Å². The van der Waals surface area contributed by atoms with Crippen molar-refractivity contribution in [3.63, 3.8) is 0 Å². The number of aromatic nitrogens is 1. The van der Waals surface area contributed by atoms with Gasteiger partial charge < -0.3 is 28.7 Å². The second kappa shape index (κ2) is 7.79. The molecule has 0 amide bonds. The van der Waals surface area contributed by atoms with Crippen molar-refractivity contribution >= 4 is 18.1 Å². The number of hydrogen-bond acceptors (Lipinski definition) is 2. The summed E-state index contributed by atoms with van der Waals surface area (Å²) in [5, 5.41) is 0. The zero-order valence-corrected chi connectivity index (χ0v) is 13.6. The fourth-order valence-corrected chi connectivity index (χ4v) is 1.66. The third-order valence-electron chi connectivity index (χ3n) is 2.80. The summed E-state index contributed by atoms with van der Waals surface area (Å²) in [6.45, 7) is 0. The van der Waals surface area contributed by atoms with Crippen LogP contribution in [-0.2, 0) is 11.8 Å². The zero-order valence-electron chi connectivity index (χ0n) is 11.4. The smallest absolute Gasteiger partial charge is 0.337 e. The van der Waals surface area contributed by atoms with Gasteiger partial charge in [0, 0.05) is 12.1 Å². The largest absolute Gasteiger partial charge is 1.00 e. The van der Waals surface area contributed by atoms with Crippen LogP contribution in [0.4, 0.5) is 0 Å². The molecule has 2 aromatic rings. The second-order valence-corrected chi connectivity index (χ2v) is 4.24. The van der Waals surface area contributed by atoms with Crippen molar-refractivity contribution in [2.45, 2.75) is 0 Å². The van der Waals surface area contributed by atoms with Crippen LogP contribution >= 0.6 is 0 Å². The number of halogens is 1. The first kappa shape index (κ1) is 16.4. The number of carbonyl (C=O) groups excluding carboxylic acids is 1. The molecular formula is C16H16INO2. The molecule has 0 unspecified atom stereocenters. The molecule has 4 heteroatoms. The minimum absolute atomic E-state index is 0. The third-order valence-corrected chi connectivity index (χ3v) is 2.80. The maximum Gasteiger partial charge on any atom is 0.337 e. The minimum Gasteiger partial charge on any atom is -1.00 e. The molecule has 0 radical (unpaired) electrons. The van der Waals surface area contributed by atoms with Crippen LogP contribution in [0.2, 0.25) is 0 Å². The van der Waals surface area contributed by atoms with Crippen molar-refractivity contribution in [3.05, 3.63) is 65.5 Å². The molecule has 0 atom stereocenters. The molecule has 3 nitrogen and oxygen atoms in total. The van der Waals surface area contributed by atoms with Crippen molar-refractivity contribution < 1.29 is 38.1 Å². The Morgan fingerprint density at radius 1 is 1.00 bits per heavy atom. The number of pyridine rings is 1. The molecule has 20 heavy (non-hydrogen) atoms. The van der Waals surface area contributed by atoms with E-state index in [0.717, 1.165) is 11.1 Å². The highest BCUT2D eigenvalue weighted by molar-refractivity contribution is 5.89. The van der Waals surface area contributed by atoms with Crippen LogP contribution < -0.4 is 28.5 Å². The average molecular weight is 381 g/mol. The predicted molar refractivity (Wildman–Crippen MR) is 74.3 cm³/mol. The van der Waals surface area contributed by atoms with Crippen molar-refractivity contribution in [2.24, 2.45) is 7.05 Å². The van der Waals surface area contributed by atoms with Crippen molar-refractivity contribution in [2.75, 3.05) is 7.11 Å². The quantitative estimate of drug-likeness (QED) is 0.407. The van der Waals surface area contributed by atoms with E-state index in [9.17, 15) is 4.79 Å². The number of rotatable bonds is 3. The van der Waals surface area contributed by atoms with Gasteiger partial charge in [-0.15, -0.1) is 0 Å². The van der Waals surface area contributed by atoms with E-state index in [1.54, 1.807) is 12.1 Å². The van der Waals surface area contributed by atoms with Crippen molar-refractivity contribution in [3.8, 4) is 0 Å². The molecule has 0 saturated carbocycles. The molecule has 0 spiro atoms. The Bertz CT molecular complexity index is 589. The fourth-order valence-electron chi connectivity index (χ4n) is 1.66. The first-order chi connectivity index (χ1) is 9.19. The van der Waals surface area contributed by atoms with Crippen LogP contribution in [0, 0.1) is 0 Å². The molecule has 2 rings (SSSR count). The van der Waals surface area contributed by atoms with Gasteiger partial charge in [0.2, 0.25) is 0 Å². The van der Waals surface area contributed by atoms with Crippen molar-refractivity contribution in [1.29, 1.82) is 0 Å². The number of esters is 1. The number of carbonyl (C=O) groups is 1. The summed E-state index contributed by atoms with van der Waals surface area (Å²) in [7, 11) is 3.37. The molecule has 0 bridgehead atoms. The molecule has 1 aromatic carbocycles. The highest BCUT2D eigenvalue weighted by Crippen LogP contribution is 2.09. The maximum absolute atomic E-state index is 11.3. The Morgan fingerprint density at radius 3 is 2.00 bits per heavy atom. The molecule has 0 aliphatic carbocycles. The van der Waals surface area contributed by atoms with Crippen LogP contribution in [0.1, 0.15) is 21.5 Å². The number of methoxy groups -OCH3 is 1. The first-order valence-corrected chi connectivity index (χ1v) is 6.01. The van der Waals surface area contributed by atoms with E-state index in [1.807, 2.05) is 60.4 Å². The highest BCUT2D eigenvalue weighted by atomic mass is 127. The van der Waals surface area contributed by atoms with Crippen LogP contribution in [-0.4, -0.2) is 13.1 Å². The Morgan fingerprint density at radius 2 is 1.50 bits per heavy atom. The lowest BCUT2D eigenvalue weighted by Crippen LogP contribution is -3.00. The monoisotopic (exact) mass is 381 g/mol. The van der Waals surface area contributed by atoms with Gasteiger partial charge in [-0.1, -0.05) is 24.3 Å². The molecule has 104 valence electrons. The van der Waals surface area contributed by atoms with Gasteiger partial charge in [0.15, 0.2) is 12.4 Å². The van der Waals surface area contributed by atoms with Crippen LogP contribution in [0.5, 0.6) is 0 Å². The average Bonchev–Trinajstić information content (AvgIpc) is 2.46. The molecule has 0 N–H and O–H groups in total. The number of aryl methyl sites for hydroxylation is 1. The molecule has 1 heterocycles. The Hall–Kier alpha value is -1.69. The van der Waals surface area contributed by atoms with Gasteiger partial charge in [0.1, 0.15) is 7.05 Å². The van der Waals surface area contributed by atoms with E-state index in [-0.39, 0.29) is 29.9 Å². The minimum atomic E-state index is -0.314. The maximum atomic E-state index is 11.3. The molecule has 0 fully saturated rings. The number of ether oxygens (including phenoxy) is 1. The summed E-state index contributed by atoms with van der Waals surface area (Å²) in [5.74, 6) is -0.314. The lowest BCUT2D eigenvalue weighted by molar-refractivity contribution is -0.671. The number of nitrogens with zero attached hydrogens (tertiary/aromatic N) is 1. The standard InChI is InChI=1S/C16H16NO2.HI/c1-17-11-9-14(10-12-17)4-3-13-5-7-15(8-6-13)16(18)19-2;/h3-12H,1-2H3;1H/q+1;/p-1/b4-3+;. The van der Waals surface area contributed by atoms with Gasteiger partial charge in [0.05, 0.1) is 12.7 Å². The van der Waals surface area contributed by atoms with E-state index in [2.05, 4.69) is 4.74 Å². The lowest BCUT2D eigenvalue weighted by atomic mass is 10.1. The van der Waals surface area contributed by atoms with Gasteiger partial charge in [-0.2, -0.15) is 0 Å². The lowest BCUT2D eigenvalue weighted by Gasteiger charge is -1.99. The van der Waals surface area contributed by atoms with E-state index in [1.165, 1.54) is 7.11 Å². The van der Waals surface area contributed by atoms with Gasteiger partial charge in [-0.25, -0.2) is 9.36 Å². The molecule has 0 aliphatic rings. The second-order valence-electron chi connectivity index (χ2n) is 4.24. The summed E-state index contributed by atoms with van der Waals surface area (Å²) in [4.78, 5) is 11.3. The van der Waals surface area contributed by atoms with Crippen LogP contribution in [0.15, 0.2) is 48.8 Å². The SMILES string of the molecule is COC(=O)c1ccc(/C=C/c2cc[n+](C)cc2)cc1.[I-]. The summed E-state index contributed by atoms with van der Waals surface area (Å²) in [6.07, 6.45) is 8.05. The van der Waals surface area contributed by atoms with Gasteiger partial charge >= 0.3 is 5.97 Å². The van der Waals surface area contributed by atoms with Crippen LogP contribution in [0.25, 0.3) is 12.2 Å². The van der Waals surface area contributed by atoms with Crippen molar-refractivity contribution in [1.82, 2.24) is 0 Å². The van der Waals surface area contributed by atoms with Gasteiger partial charge in [-0.3, -0.25) is 0 Å². The van der Waals surface area contributed by atoms with E-state index >= 15 is 0 Å². The molecule has 0 aliphatic heterocycles. The van der Waals surface area contributed by atoms with Gasteiger partial charge in [-0.05, 0) is 23.3 Å². The molecular weight excluding hydrogens is 365 g/mol. The number of hydrogen-bond donors (Lipinski definition) is 0. The topological polar surface area (TPSA) is 30.2 Å². The zero-order chi connectivity index (χ0) is 13.7. The first-order valence-electron chi connectivity index (χ1n) is 6.01. The third kappa shape index (κ3) is 4.45. The predicted octanol–water partition coefficient (Wildman–Crippen LogP) is -0.528. The molecule has 1 aromatic heterocycles. The molecule has 0 saturated heterocycles. The highest BCUT2D eigenvalue weighted by Gasteiger charge is 2.02. The Balaban J connectivity index is 0.00000200. The normalized spacial score (nSPS) is 10.1. The Labute approximate surface area is 135 Å². The van der Waals surface area contributed by atoms with E-state index in [4.69, 9.17) is 0 Å². The number of benzene rings is 1. The van der Waals surface area contributed by atoms with Gasteiger partial charge in [0.25, 0.3) is 0 Å². The fraction of sp³-hybridized carbons (Fsp3) is 0.125. The summed E-state index contributed by atoms with van der Waals surface area (Å²) >= 11 is 0. The van der Waals surface area contributed by atoms with Crippen LogP contribution in [0.3, 0.4) is 0 Å².